The summed E-state index contributed by atoms with van der Waals surface area (Å²) in [6, 6.07) is 13.6. The lowest BCUT2D eigenvalue weighted by atomic mass is 10.3. The monoisotopic (exact) mass is 463 g/mol. The molecule has 0 aliphatic heterocycles. The number of benzene rings is 2. The summed E-state index contributed by atoms with van der Waals surface area (Å²) in [4.78, 5) is 28.0. The number of rotatable bonds is 8. The van der Waals surface area contributed by atoms with Crippen LogP contribution in [0.5, 0.6) is 11.5 Å². The summed E-state index contributed by atoms with van der Waals surface area (Å²) in [5.74, 6) is -0.535. The number of aromatic nitrogens is 1. The van der Waals surface area contributed by atoms with Gasteiger partial charge in [-0.2, -0.15) is 0 Å². The Kier molecular flexibility index (Phi) is 7.64. The van der Waals surface area contributed by atoms with Crippen LogP contribution in [0.15, 0.2) is 60.8 Å². The number of carbonyl (C=O) groups is 2. The Morgan fingerprint density at radius 3 is 2.16 bits per heavy atom. The highest BCUT2D eigenvalue weighted by Gasteiger charge is 2.08. The molecule has 3 aromatic rings. The van der Waals surface area contributed by atoms with Crippen molar-refractivity contribution < 1.29 is 23.5 Å². The number of nitrogens with zero attached hydrogens (tertiary/aromatic N) is 1. The summed E-state index contributed by atoms with van der Waals surface area (Å²) in [5, 5.41) is 5.68. The molecule has 160 valence electrons. The Morgan fingerprint density at radius 1 is 0.871 bits per heavy atom. The molecule has 0 radical (unpaired) electrons. The van der Waals surface area contributed by atoms with E-state index in [1.165, 1.54) is 24.4 Å². The number of hydrogen-bond donors (Lipinski definition) is 2. The van der Waals surface area contributed by atoms with Crippen LogP contribution >= 0.6 is 23.2 Å². The second-order valence-electron chi connectivity index (χ2n) is 6.14. The number of halogens is 3. The molecule has 2 aromatic carbocycles. The van der Waals surface area contributed by atoms with E-state index in [1.54, 1.807) is 30.3 Å². The van der Waals surface area contributed by atoms with E-state index in [9.17, 15) is 14.0 Å². The van der Waals surface area contributed by atoms with Gasteiger partial charge < -0.3 is 20.1 Å². The third-order valence-corrected chi connectivity index (χ3v) is 4.32. The van der Waals surface area contributed by atoms with Gasteiger partial charge in [0, 0.05) is 11.1 Å². The van der Waals surface area contributed by atoms with Crippen LogP contribution < -0.4 is 20.1 Å². The molecule has 2 amide bonds. The third-order valence-electron chi connectivity index (χ3n) is 3.76. The van der Waals surface area contributed by atoms with Crippen molar-refractivity contribution in [1.29, 1.82) is 0 Å². The van der Waals surface area contributed by atoms with Crippen LogP contribution in [0.2, 0.25) is 10.0 Å². The Morgan fingerprint density at radius 2 is 1.52 bits per heavy atom. The van der Waals surface area contributed by atoms with Gasteiger partial charge in [-0.25, -0.2) is 9.37 Å². The molecule has 0 aliphatic carbocycles. The Balaban J connectivity index is 1.43. The van der Waals surface area contributed by atoms with E-state index in [1.807, 2.05) is 0 Å². The van der Waals surface area contributed by atoms with Gasteiger partial charge in [-0.3, -0.25) is 9.59 Å². The Bertz CT molecular complexity index is 1060. The smallest absolute Gasteiger partial charge is 0.263 e. The van der Waals surface area contributed by atoms with E-state index in [2.05, 4.69) is 15.6 Å². The maximum atomic E-state index is 13.4. The number of amides is 2. The minimum absolute atomic E-state index is 0.0356. The molecule has 0 atom stereocenters. The highest BCUT2D eigenvalue weighted by atomic mass is 35.5. The number of ether oxygens (including phenoxy) is 2. The van der Waals surface area contributed by atoms with Crippen LogP contribution in [0, 0.1) is 5.82 Å². The molecule has 31 heavy (non-hydrogen) atoms. The van der Waals surface area contributed by atoms with Gasteiger partial charge in [0.15, 0.2) is 13.2 Å². The molecule has 10 heteroatoms. The summed E-state index contributed by atoms with van der Waals surface area (Å²) < 4.78 is 23.9. The zero-order valence-electron chi connectivity index (χ0n) is 15.9. The molecule has 7 nitrogen and oxygen atoms in total. The van der Waals surface area contributed by atoms with Crippen LogP contribution in [-0.2, 0) is 9.59 Å². The molecule has 0 aliphatic rings. The number of hydrogen-bond acceptors (Lipinski definition) is 5. The van der Waals surface area contributed by atoms with Crippen LogP contribution in [0.4, 0.5) is 15.9 Å². The minimum Gasteiger partial charge on any atom is -0.484 e. The summed E-state index contributed by atoms with van der Waals surface area (Å²) in [6.07, 6.45) is 1.37. The molecule has 0 fully saturated rings. The van der Waals surface area contributed by atoms with Gasteiger partial charge in [0.25, 0.3) is 11.8 Å². The predicted molar refractivity (Wildman–Crippen MR) is 115 cm³/mol. The van der Waals surface area contributed by atoms with E-state index < -0.39 is 17.6 Å². The fourth-order valence-corrected chi connectivity index (χ4v) is 2.56. The molecule has 0 saturated carbocycles. The quantitative estimate of drug-likeness (QED) is 0.510. The number of pyridine rings is 1. The molecule has 3 rings (SSSR count). The second-order valence-corrected chi connectivity index (χ2v) is 6.98. The minimum atomic E-state index is -0.639. The van der Waals surface area contributed by atoms with Gasteiger partial charge in [-0.15, -0.1) is 0 Å². The fraction of sp³-hybridized carbons (Fsp3) is 0.0952. The lowest BCUT2D eigenvalue weighted by Gasteiger charge is -2.09. The van der Waals surface area contributed by atoms with Crippen molar-refractivity contribution >= 4 is 46.5 Å². The van der Waals surface area contributed by atoms with E-state index in [-0.39, 0.29) is 29.8 Å². The molecule has 1 heterocycles. The summed E-state index contributed by atoms with van der Waals surface area (Å²) in [6.45, 7) is -0.536. The van der Waals surface area contributed by atoms with E-state index in [0.29, 0.717) is 16.5 Å². The van der Waals surface area contributed by atoms with Crippen molar-refractivity contribution in [3.05, 3.63) is 76.7 Å². The molecular formula is C21H16Cl2FN3O4. The van der Waals surface area contributed by atoms with Crippen molar-refractivity contribution in [2.75, 3.05) is 23.8 Å². The van der Waals surface area contributed by atoms with Crippen LogP contribution in [0.3, 0.4) is 0 Å². The number of anilines is 2. The van der Waals surface area contributed by atoms with Crippen molar-refractivity contribution in [2.24, 2.45) is 0 Å². The van der Waals surface area contributed by atoms with Gasteiger partial charge in [0.05, 0.1) is 16.9 Å². The van der Waals surface area contributed by atoms with Gasteiger partial charge in [-0.05, 0) is 48.5 Å². The molecule has 0 spiro atoms. The molecule has 2 N–H and O–H groups in total. The van der Waals surface area contributed by atoms with Crippen molar-refractivity contribution in [1.82, 2.24) is 4.98 Å². The first-order chi connectivity index (χ1) is 14.9. The summed E-state index contributed by atoms with van der Waals surface area (Å²) in [7, 11) is 0. The maximum Gasteiger partial charge on any atom is 0.263 e. The summed E-state index contributed by atoms with van der Waals surface area (Å²) >= 11 is 11.4. The third kappa shape index (κ3) is 7.13. The Hall–Kier alpha value is -3.36. The highest BCUT2D eigenvalue weighted by Crippen LogP contribution is 2.20. The molecule has 0 unspecified atom stereocenters. The normalized spacial score (nSPS) is 10.3. The largest absolute Gasteiger partial charge is 0.484 e. The summed E-state index contributed by atoms with van der Waals surface area (Å²) in [5.41, 5.74) is 0.395. The van der Waals surface area contributed by atoms with Gasteiger partial charge >= 0.3 is 0 Å². The Labute approximate surface area is 187 Å². The van der Waals surface area contributed by atoms with Gasteiger partial charge in [-0.1, -0.05) is 23.2 Å². The zero-order chi connectivity index (χ0) is 22.2. The van der Waals surface area contributed by atoms with Crippen LogP contribution in [0.25, 0.3) is 0 Å². The van der Waals surface area contributed by atoms with Crippen molar-refractivity contribution in [2.45, 2.75) is 0 Å². The molecule has 1 aromatic heterocycles. The highest BCUT2D eigenvalue weighted by molar-refractivity contribution is 6.31. The second kappa shape index (κ2) is 10.6. The maximum absolute atomic E-state index is 13.4. The first-order valence-corrected chi connectivity index (χ1v) is 9.66. The first-order valence-electron chi connectivity index (χ1n) is 8.91. The number of carbonyl (C=O) groups excluding carboxylic acids is 2. The van der Waals surface area contributed by atoms with Crippen molar-refractivity contribution in [3.8, 4) is 11.5 Å². The first kappa shape index (κ1) is 22.3. The topological polar surface area (TPSA) is 89.6 Å². The average Bonchev–Trinajstić information content (AvgIpc) is 2.75. The molecule has 0 saturated heterocycles. The van der Waals surface area contributed by atoms with Crippen LogP contribution in [0.1, 0.15) is 0 Å². The standard InChI is InChI=1S/C21H16Cl2FN3O4/c22-13-1-4-15(5-2-13)30-12-21(29)27-19-8-3-14(10-25-19)26-20(28)11-31-16-6-7-17(23)18(24)9-16/h1-10H,11-12H2,(H,26,28)(H,25,27,29). The zero-order valence-corrected chi connectivity index (χ0v) is 17.4. The van der Waals surface area contributed by atoms with Crippen LogP contribution in [-0.4, -0.2) is 30.0 Å². The van der Waals surface area contributed by atoms with E-state index in [0.717, 1.165) is 6.07 Å². The average molecular weight is 464 g/mol. The fourth-order valence-electron chi connectivity index (χ4n) is 2.31. The number of nitrogens with one attached hydrogen (secondary N) is 2. The lowest BCUT2D eigenvalue weighted by Crippen LogP contribution is -2.21. The van der Waals surface area contributed by atoms with Crippen molar-refractivity contribution in [3.63, 3.8) is 0 Å². The predicted octanol–water partition coefficient (Wildman–Crippen LogP) is 4.56. The van der Waals surface area contributed by atoms with E-state index >= 15 is 0 Å². The van der Waals surface area contributed by atoms with Gasteiger partial charge in [0.2, 0.25) is 0 Å². The molecular weight excluding hydrogens is 448 g/mol. The SMILES string of the molecule is O=C(COc1ccc(Cl)c(F)c1)Nc1ccc(NC(=O)COc2ccc(Cl)cc2)nc1. The van der Waals surface area contributed by atoms with Gasteiger partial charge in [0.1, 0.15) is 23.1 Å². The van der Waals surface area contributed by atoms with E-state index in [4.69, 9.17) is 32.7 Å². The molecule has 0 bridgehead atoms. The lowest BCUT2D eigenvalue weighted by molar-refractivity contribution is -0.118.